The van der Waals surface area contributed by atoms with E-state index in [1.54, 1.807) is 18.6 Å². The molecule has 9 nitrogen and oxygen atoms in total. The number of esters is 3. The van der Waals surface area contributed by atoms with Gasteiger partial charge in [-0.15, -0.1) is 0 Å². The first-order valence-electron chi connectivity index (χ1n) is 13.2. The number of furan rings is 1. The predicted octanol–water partition coefficient (Wildman–Crippen LogP) is 3.70. The highest BCUT2D eigenvalue weighted by molar-refractivity contribution is 5.93. The van der Waals surface area contributed by atoms with Crippen LogP contribution in [0.1, 0.15) is 72.0 Å². The number of hydrogen-bond acceptors (Lipinski definition) is 9. The normalized spacial score (nSPS) is 38.4. The van der Waals surface area contributed by atoms with E-state index in [1.807, 2.05) is 20.8 Å². The molecule has 206 valence electrons. The molecule has 1 saturated heterocycles. The fraction of sp³-hybridized carbons (Fsp3) is 0.655. The van der Waals surface area contributed by atoms with Crippen LogP contribution in [0, 0.1) is 34.0 Å². The number of aliphatic hydroxyl groups excluding tert-OH is 1. The summed E-state index contributed by atoms with van der Waals surface area (Å²) in [5, 5.41) is 11.3. The first-order chi connectivity index (χ1) is 17.8. The van der Waals surface area contributed by atoms with Gasteiger partial charge in [0.25, 0.3) is 0 Å². The largest absolute Gasteiger partial charge is 0.472 e. The maximum atomic E-state index is 14.3. The molecule has 1 aliphatic heterocycles. The van der Waals surface area contributed by atoms with Gasteiger partial charge in [-0.1, -0.05) is 33.3 Å². The van der Waals surface area contributed by atoms with E-state index in [9.17, 15) is 24.3 Å². The summed E-state index contributed by atoms with van der Waals surface area (Å²) >= 11 is 0. The molecule has 8 atom stereocenters. The van der Waals surface area contributed by atoms with Crippen molar-refractivity contribution in [2.75, 3.05) is 7.11 Å². The molecule has 1 unspecified atom stereocenters. The molecule has 0 amide bonds. The van der Waals surface area contributed by atoms with Crippen molar-refractivity contribution in [3.63, 3.8) is 0 Å². The summed E-state index contributed by atoms with van der Waals surface area (Å²) in [4.78, 5) is 52.1. The smallest absolute Gasteiger partial charge is 0.335 e. The minimum absolute atomic E-state index is 0.0967. The quantitative estimate of drug-likeness (QED) is 0.353. The molecule has 0 aromatic carbocycles. The number of fused-ring (bicyclic) bond motifs is 5. The van der Waals surface area contributed by atoms with Crippen molar-refractivity contribution in [3.05, 3.63) is 35.3 Å². The lowest BCUT2D eigenvalue weighted by Gasteiger charge is -2.64. The number of cyclic esters (lactones) is 1. The molecule has 3 fully saturated rings. The lowest BCUT2D eigenvalue weighted by molar-refractivity contribution is -0.212. The summed E-state index contributed by atoms with van der Waals surface area (Å²) in [6.45, 7) is 8.88. The molecule has 4 aliphatic rings. The van der Waals surface area contributed by atoms with Crippen LogP contribution in [-0.4, -0.2) is 48.1 Å². The van der Waals surface area contributed by atoms with Crippen molar-refractivity contribution in [1.29, 1.82) is 0 Å². The Morgan fingerprint density at radius 1 is 1.18 bits per heavy atom. The van der Waals surface area contributed by atoms with E-state index in [4.69, 9.17) is 18.6 Å². The van der Waals surface area contributed by atoms with Gasteiger partial charge in [-0.2, -0.15) is 0 Å². The fourth-order valence-corrected chi connectivity index (χ4v) is 8.57. The summed E-state index contributed by atoms with van der Waals surface area (Å²) in [5.74, 6) is -3.72. The van der Waals surface area contributed by atoms with E-state index >= 15 is 0 Å². The second kappa shape index (κ2) is 8.79. The SMILES string of the molecule is COC(=O)C(O)[C@H]1C(C)(C)[C@H](OC(C)=O)[C@@H]2CC3=C4CC(=O)O[C@@H](c5ccoc5)[C@]4(C)CC[C@@H]3[C@@]1(C)C2=O. The molecular weight excluding hydrogens is 492 g/mol. The summed E-state index contributed by atoms with van der Waals surface area (Å²) in [6.07, 6.45) is 1.82. The standard InChI is InChI=1S/C29H36O9/c1-14(30)37-25-17-11-16-18(29(5,23(17)33)22(27(25,2)3)21(32)26(34)35-6)7-9-28(4)19(16)12-20(31)38-24(28)15-8-10-36-13-15/h8,10,13,17-18,21-22,24-25,32H,7,9,11-12H2,1-6H3/t17-,18+,21?,22+,24+,25-,28-,29-/m1/s1. The Hall–Kier alpha value is -2.94. The number of hydrogen-bond donors (Lipinski definition) is 1. The average Bonchev–Trinajstić information content (AvgIpc) is 3.38. The lowest BCUT2D eigenvalue weighted by atomic mass is 9.40. The molecule has 38 heavy (non-hydrogen) atoms. The molecule has 5 rings (SSSR count). The highest BCUT2D eigenvalue weighted by Gasteiger charge is 2.70. The molecule has 0 radical (unpaired) electrons. The number of methoxy groups -OCH3 is 1. The van der Waals surface area contributed by atoms with Gasteiger partial charge >= 0.3 is 17.9 Å². The van der Waals surface area contributed by atoms with Crippen LogP contribution in [-0.2, 0) is 33.4 Å². The summed E-state index contributed by atoms with van der Waals surface area (Å²) < 4.78 is 21.9. The van der Waals surface area contributed by atoms with Gasteiger partial charge in [0.05, 0.1) is 32.0 Å². The van der Waals surface area contributed by atoms with Gasteiger partial charge < -0.3 is 23.7 Å². The zero-order valence-corrected chi connectivity index (χ0v) is 22.7. The van der Waals surface area contributed by atoms with E-state index < -0.39 is 58.3 Å². The number of aliphatic hydroxyl groups is 1. The van der Waals surface area contributed by atoms with E-state index in [0.717, 1.165) is 16.7 Å². The van der Waals surface area contributed by atoms with Crippen LogP contribution in [0.5, 0.6) is 0 Å². The Morgan fingerprint density at radius 2 is 1.89 bits per heavy atom. The zero-order chi connectivity index (χ0) is 27.8. The van der Waals surface area contributed by atoms with Gasteiger partial charge in [-0.05, 0) is 36.8 Å². The number of carbonyl (C=O) groups is 4. The average molecular weight is 529 g/mol. The second-order valence-corrected chi connectivity index (χ2v) is 12.4. The number of ketones is 1. The lowest BCUT2D eigenvalue weighted by Crippen LogP contribution is -2.69. The predicted molar refractivity (Wildman–Crippen MR) is 132 cm³/mol. The third-order valence-corrected chi connectivity index (χ3v) is 10.1. The number of allylic oxidation sites excluding steroid dienone is 1. The third-order valence-electron chi connectivity index (χ3n) is 10.1. The van der Waals surface area contributed by atoms with Crippen LogP contribution < -0.4 is 0 Å². The molecule has 0 spiro atoms. The van der Waals surface area contributed by atoms with Gasteiger partial charge in [-0.3, -0.25) is 14.4 Å². The Labute approximate surface area is 221 Å². The topological polar surface area (TPSA) is 129 Å². The minimum atomic E-state index is -1.60. The number of ether oxygens (including phenoxy) is 3. The second-order valence-electron chi connectivity index (χ2n) is 12.4. The molecule has 1 aromatic heterocycles. The molecular formula is C29H36O9. The third kappa shape index (κ3) is 3.53. The van der Waals surface area contributed by atoms with Gasteiger partial charge in [0.2, 0.25) is 0 Å². The zero-order valence-electron chi connectivity index (χ0n) is 22.7. The maximum Gasteiger partial charge on any atom is 0.335 e. The molecule has 1 aromatic rings. The summed E-state index contributed by atoms with van der Waals surface area (Å²) in [7, 11) is 1.20. The van der Waals surface area contributed by atoms with Crippen LogP contribution in [0.3, 0.4) is 0 Å². The van der Waals surface area contributed by atoms with Crippen molar-refractivity contribution < 1.29 is 42.9 Å². The van der Waals surface area contributed by atoms with Crippen molar-refractivity contribution >= 4 is 23.7 Å². The van der Waals surface area contributed by atoms with Crippen molar-refractivity contribution in [3.8, 4) is 0 Å². The molecule has 2 saturated carbocycles. The number of Topliss-reactive ketones (excluding diaryl/α,β-unsaturated/α-hetero) is 1. The van der Waals surface area contributed by atoms with Crippen LogP contribution in [0.2, 0.25) is 0 Å². The number of carbonyl (C=O) groups excluding carboxylic acids is 4. The highest BCUT2D eigenvalue weighted by Crippen LogP contribution is 2.68. The van der Waals surface area contributed by atoms with E-state index in [0.29, 0.717) is 19.3 Å². The monoisotopic (exact) mass is 528 g/mol. The van der Waals surface area contributed by atoms with Crippen molar-refractivity contribution in [1.82, 2.24) is 0 Å². The van der Waals surface area contributed by atoms with Gasteiger partial charge in [0.15, 0.2) is 6.10 Å². The van der Waals surface area contributed by atoms with E-state index in [1.165, 1.54) is 14.0 Å². The van der Waals surface area contributed by atoms with Gasteiger partial charge in [0, 0.05) is 34.7 Å². The highest BCUT2D eigenvalue weighted by atomic mass is 16.6. The van der Waals surface area contributed by atoms with Gasteiger partial charge in [0.1, 0.15) is 18.0 Å². The molecule has 2 heterocycles. The fourth-order valence-electron chi connectivity index (χ4n) is 8.57. The van der Waals surface area contributed by atoms with Crippen molar-refractivity contribution in [2.45, 2.75) is 78.6 Å². The van der Waals surface area contributed by atoms with Crippen LogP contribution in [0.25, 0.3) is 0 Å². The number of rotatable bonds is 4. The van der Waals surface area contributed by atoms with Crippen LogP contribution in [0.4, 0.5) is 0 Å². The first-order valence-corrected chi connectivity index (χ1v) is 13.2. The molecule has 3 aliphatic carbocycles. The Morgan fingerprint density at radius 3 is 2.50 bits per heavy atom. The molecule has 1 N–H and O–H groups in total. The Balaban J connectivity index is 1.72. The van der Waals surface area contributed by atoms with Crippen LogP contribution in [0.15, 0.2) is 34.2 Å². The maximum absolute atomic E-state index is 14.3. The Kier molecular flexibility index (Phi) is 6.17. The summed E-state index contributed by atoms with van der Waals surface area (Å²) in [5.41, 5.74) is 0.102. The van der Waals surface area contributed by atoms with E-state index in [-0.39, 0.29) is 24.1 Å². The summed E-state index contributed by atoms with van der Waals surface area (Å²) in [6, 6.07) is 1.80. The first kappa shape index (κ1) is 26.7. The van der Waals surface area contributed by atoms with Crippen molar-refractivity contribution in [2.24, 2.45) is 34.0 Å². The van der Waals surface area contributed by atoms with Crippen LogP contribution >= 0.6 is 0 Å². The van der Waals surface area contributed by atoms with E-state index in [2.05, 4.69) is 6.92 Å². The Bertz CT molecular complexity index is 1210. The minimum Gasteiger partial charge on any atom is -0.472 e. The molecule has 2 bridgehead atoms. The van der Waals surface area contributed by atoms with Gasteiger partial charge in [-0.25, -0.2) is 4.79 Å². The molecule has 9 heteroatoms.